The van der Waals surface area contributed by atoms with Gasteiger partial charge in [0.2, 0.25) is 0 Å². The molecule has 0 aromatic carbocycles. The van der Waals surface area contributed by atoms with Crippen LogP contribution in [0.5, 0.6) is 0 Å². The second kappa shape index (κ2) is 7.89. The van der Waals surface area contributed by atoms with E-state index in [0.29, 0.717) is 12.0 Å². The largest absolute Gasteiger partial charge is 0.316 e. The first-order valence-electron chi connectivity index (χ1n) is 7.28. The van der Waals surface area contributed by atoms with E-state index in [1.807, 2.05) is 18.8 Å². The molecule has 1 N–H and O–H groups in total. The van der Waals surface area contributed by atoms with Crippen molar-refractivity contribution in [1.82, 2.24) is 5.32 Å². The highest BCUT2D eigenvalue weighted by molar-refractivity contribution is 7.99. The van der Waals surface area contributed by atoms with E-state index < -0.39 is 9.84 Å². The SMILES string of the molecule is CNC(CSCC(C)C)C1CCCC(S(C)(=O)=O)C1. The highest BCUT2D eigenvalue weighted by Gasteiger charge is 2.32. The Labute approximate surface area is 123 Å². The van der Waals surface area contributed by atoms with Crippen molar-refractivity contribution in [1.29, 1.82) is 0 Å². The number of rotatable bonds is 7. The number of sulfone groups is 1. The summed E-state index contributed by atoms with van der Waals surface area (Å²) in [4.78, 5) is 0. The molecule has 0 spiro atoms. The number of hydrogen-bond acceptors (Lipinski definition) is 4. The Morgan fingerprint density at radius 1 is 1.26 bits per heavy atom. The predicted octanol–water partition coefficient (Wildman–Crippen LogP) is 2.57. The van der Waals surface area contributed by atoms with Crippen LogP contribution < -0.4 is 5.32 Å². The zero-order valence-electron chi connectivity index (χ0n) is 12.7. The van der Waals surface area contributed by atoms with Crippen LogP contribution in [-0.2, 0) is 9.84 Å². The summed E-state index contributed by atoms with van der Waals surface area (Å²) in [6.45, 7) is 4.48. The topological polar surface area (TPSA) is 46.2 Å². The molecule has 1 fully saturated rings. The molecule has 1 rings (SSSR count). The van der Waals surface area contributed by atoms with Gasteiger partial charge in [-0.3, -0.25) is 0 Å². The molecule has 0 amide bonds. The molecule has 0 aliphatic heterocycles. The fourth-order valence-electron chi connectivity index (χ4n) is 2.82. The Morgan fingerprint density at radius 3 is 2.47 bits per heavy atom. The Morgan fingerprint density at radius 2 is 1.95 bits per heavy atom. The Balaban J connectivity index is 2.51. The zero-order valence-corrected chi connectivity index (χ0v) is 14.3. The van der Waals surface area contributed by atoms with Crippen LogP contribution in [-0.4, -0.2) is 44.5 Å². The van der Waals surface area contributed by atoms with E-state index in [-0.39, 0.29) is 5.25 Å². The summed E-state index contributed by atoms with van der Waals surface area (Å²) in [6, 6.07) is 0.452. The Hall–Kier alpha value is 0.260. The van der Waals surface area contributed by atoms with Crippen LogP contribution in [0.25, 0.3) is 0 Å². The maximum absolute atomic E-state index is 11.7. The smallest absolute Gasteiger partial charge is 0.150 e. The van der Waals surface area contributed by atoms with Crippen molar-refractivity contribution < 1.29 is 8.42 Å². The second-order valence-corrected chi connectivity index (χ2v) is 9.61. The van der Waals surface area contributed by atoms with Crippen LogP contribution in [0.4, 0.5) is 0 Å². The second-order valence-electron chi connectivity index (χ2n) is 6.20. The van der Waals surface area contributed by atoms with Gasteiger partial charge in [-0.05, 0) is 43.9 Å². The van der Waals surface area contributed by atoms with E-state index in [0.717, 1.165) is 30.9 Å². The monoisotopic (exact) mass is 307 g/mol. The van der Waals surface area contributed by atoms with E-state index >= 15 is 0 Å². The lowest BCUT2D eigenvalue weighted by Gasteiger charge is -2.33. The van der Waals surface area contributed by atoms with Crippen LogP contribution in [0.3, 0.4) is 0 Å². The molecule has 1 aliphatic carbocycles. The molecule has 114 valence electrons. The molecule has 19 heavy (non-hydrogen) atoms. The molecule has 3 nitrogen and oxygen atoms in total. The van der Waals surface area contributed by atoms with Crippen molar-refractivity contribution in [2.75, 3.05) is 24.8 Å². The van der Waals surface area contributed by atoms with Gasteiger partial charge < -0.3 is 5.32 Å². The van der Waals surface area contributed by atoms with Gasteiger partial charge in [0.15, 0.2) is 0 Å². The molecule has 0 bridgehead atoms. The summed E-state index contributed by atoms with van der Waals surface area (Å²) < 4.78 is 23.4. The van der Waals surface area contributed by atoms with E-state index in [9.17, 15) is 8.42 Å². The van der Waals surface area contributed by atoms with E-state index in [1.165, 1.54) is 18.4 Å². The summed E-state index contributed by atoms with van der Waals surface area (Å²) in [5, 5.41) is 3.29. The van der Waals surface area contributed by atoms with Crippen molar-refractivity contribution in [3.63, 3.8) is 0 Å². The molecule has 1 saturated carbocycles. The normalized spacial score (nSPS) is 26.6. The molecule has 3 unspecified atom stereocenters. The summed E-state index contributed by atoms with van der Waals surface area (Å²) >= 11 is 1.98. The quantitative estimate of drug-likeness (QED) is 0.785. The first-order valence-corrected chi connectivity index (χ1v) is 10.4. The molecular formula is C14H29NO2S2. The summed E-state index contributed by atoms with van der Waals surface area (Å²) in [5.74, 6) is 3.51. The fourth-order valence-corrected chi connectivity index (χ4v) is 5.31. The summed E-state index contributed by atoms with van der Waals surface area (Å²) in [5.41, 5.74) is 0. The first kappa shape index (κ1) is 17.3. The zero-order chi connectivity index (χ0) is 14.5. The highest BCUT2D eigenvalue weighted by Crippen LogP contribution is 2.31. The predicted molar refractivity (Wildman–Crippen MR) is 85.6 cm³/mol. The minimum absolute atomic E-state index is 0.114. The van der Waals surface area contributed by atoms with Gasteiger partial charge in [-0.15, -0.1) is 0 Å². The maximum Gasteiger partial charge on any atom is 0.150 e. The van der Waals surface area contributed by atoms with Crippen LogP contribution in [0.2, 0.25) is 0 Å². The van der Waals surface area contributed by atoms with Gasteiger partial charge >= 0.3 is 0 Å². The van der Waals surface area contributed by atoms with Gasteiger partial charge in [0.25, 0.3) is 0 Å². The molecule has 0 radical (unpaired) electrons. The number of hydrogen-bond donors (Lipinski definition) is 1. The van der Waals surface area contributed by atoms with Crippen molar-refractivity contribution in [3.05, 3.63) is 0 Å². The molecule has 0 aromatic rings. The standard InChI is InChI=1S/C14H29NO2S2/c1-11(2)9-18-10-14(15-3)12-6-5-7-13(8-12)19(4,16)17/h11-15H,5-10H2,1-4H3. The third-order valence-corrected chi connectivity index (χ3v) is 7.10. The van der Waals surface area contributed by atoms with Crippen LogP contribution in [0.15, 0.2) is 0 Å². The average molecular weight is 308 g/mol. The summed E-state index contributed by atoms with van der Waals surface area (Å²) in [7, 11) is -0.864. The third-order valence-electron chi connectivity index (χ3n) is 3.96. The molecule has 0 heterocycles. The van der Waals surface area contributed by atoms with E-state index in [1.54, 1.807) is 0 Å². The molecule has 0 saturated heterocycles. The highest BCUT2D eigenvalue weighted by atomic mass is 32.2. The molecular weight excluding hydrogens is 278 g/mol. The maximum atomic E-state index is 11.7. The Bertz CT molecular complexity index is 354. The average Bonchev–Trinajstić information content (AvgIpc) is 2.33. The van der Waals surface area contributed by atoms with E-state index in [2.05, 4.69) is 19.2 Å². The van der Waals surface area contributed by atoms with Crippen molar-refractivity contribution >= 4 is 21.6 Å². The third kappa shape index (κ3) is 6.05. The Kier molecular flexibility index (Phi) is 7.19. The minimum Gasteiger partial charge on any atom is -0.316 e. The molecule has 1 aliphatic rings. The first-order chi connectivity index (χ1) is 8.84. The molecule has 0 aromatic heterocycles. The van der Waals surface area contributed by atoms with Gasteiger partial charge in [-0.25, -0.2) is 8.42 Å². The lowest BCUT2D eigenvalue weighted by molar-refractivity contribution is 0.295. The minimum atomic E-state index is -2.87. The lowest BCUT2D eigenvalue weighted by atomic mass is 9.84. The number of thioether (sulfide) groups is 1. The van der Waals surface area contributed by atoms with Gasteiger partial charge in [0.1, 0.15) is 9.84 Å². The van der Waals surface area contributed by atoms with Crippen molar-refractivity contribution in [3.8, 4) is 0 Å². The van der Waals surface area contributed by atoms with Gasteiger partial charge in [-0.2, -0.15) is 11.8 Å². The molecule has 3 atom stereocenters. The lowest BCUT2D eigenvalue weighted by Crippen LogP contribution is -2.41. The van der Waals surface area contributed by atoms with Crippen LogP contribution in [0, 0.1) is 11.8 Å². The summed E-state index contributed by atoms with van der Waals surface area (Å²) in [6.07, 6.45) is 5.30. The van der Waals surface area contributed by atoms with E-state index in [4.69, 9.17) is 0 Å². The van der Waals surface area contributed by atoms with Crippen molar-refractivity contribution in [2.24, 2.45) is 11.8 Å². The number of nitrogens with one attached hydrogen (secondary N) is 1. The van der Waals surface area contributed by atoms with Gasteiger partial charge in [-0.1, -0.05) is 20.3 Å². The fraction of sp³-hybridized carbons (Fsp3) is 1.00. The van der Waals surface area contributed by atoms with Gasteiger partial charge in [0.05, 0.1) is 5.25 Å². The van der Waals surface area contributed by atoms with Gasteiger partial charge in [0, 0.05) is 18.1 Å². The molecule has 5 heteroatoms. The van der Waals surface area contributed by atoms with Crippen molar-refractivity contribution in [2.45, 2.75) is 50.8 Å². The van der Waals surface area contributed by atoms with Crippen LogP contribution in [0.1, 0.15) is 39.5 Å². The van der Waals surface area contributed by atoms with Crippen LogP contribution >= 0.6 is 11.8 Å².